The van der Waals surface area contributed by atoms with Crippen molar-refractivity contribution < 1.29 is 23.9 Å². The predicted molar refractivity (Wildman–Crippen MR) is 117 cm³/mol. The SMILES string of the molecule is CC(C)Cc1ccc(C(C)C(=O)O[C@H]2CN[C@H](C(=O)OC(=O)c3ccccc3)C2)cc1. The fourth-order valence-electron chi connectivity index (χ4n) is 3.58. The standard InChI is InChI=1S/C25H29NO5/c1-16(2)13-18-9-11-19(12-10-18)17(3)23(27)30-21-14-22(26-15-21)25(29)31-24(28)20-7-5-4-6-8-20/h4-12,16-17,21-22,26H,13-15H2,1-3H3/t17?,21-,22+/m1/s1. The Kier molecular flexibility index (Phi) is 7.58. The van der Waals surface area contributed by atoms with E-state index in [1.807, 2.05) is 31.2 Å². The van der Waals surface area contributed by atoms with Gasteiger partial charge >= 0.3 is 17.9 Å². The van der Waals surface area contributed by atoms with Crippen LogP contribution >= 0.6 is 0 Å². The van der Waals surface area contributed by atoms with Crippen molar-refractivity contribution in [2.24, 2.45) is 5.92 Å². The predicted octanol–water partition coefficient (Wildman–Crippen LogP) is 3.65. The number of rotatable bonds is 7. The number of hydrogen-bond acceptors (Lipinski definition) is 6. The maximum Gasteiger partial charge on any atom is 0.345 e. The summed E-state index contributed by atoms with van der Waals surface area (Å²) in [7, 11) is 0. The molecule has 0 radical (unpaired) electrons. The highest BCUT2D eigenvalue weighted by Crippen LogP contribution is 2.21. The van der Waals surface area contributed by atoms with Crippen LogP contribution in [0.25, 0.3) is 0 Å². The second-order valence-corrected chi connectivity index (χ2v) is 8.39. The third kappa shape index (κ3) is 6.25. The molecule has 1 unspecified atom stereocenters. The summed E-state index contributed by atoms with van der Waals surface area (Å²) < 4.78 is 10.5. The lowest BCUT2D eigenvalue weighted by molar-refractivity contribution is -0.150. The Hall–Kier alpha value is -2.99. The van der Waals surface area contributed by atoms with Crippen molar-refractivity contribution in [3.8, 4) is 0 Å². The lowest BCUT2D eigenvalue weighted by Gasteiger charge is -2.16. The molecular formula is C25H29NO5. The van der Waals surface area contributed by atoms with Crippen LogP contribution in [0.2, 0.25) is 0 Å². The highest BCUT2D eigenvalue weighted by molar-refractivity contribution is 5.98. The van der Waals surface area contributed by atoms with Crippen LogP contribution in [0, 0.1) is 5.92 Å². The normalized spacial score (nSPS) is 19.1. The fraction of sp³-hybridized carbons (Fsp3) is 0.400. The average molecular weight is 424 g/mol. The van der Waals surface area contributed by atoms with Crippen molar-refractivity contribution in [3.05, 3.63) is 71.3 Å². The Morgan fingerprint density at radius 1 is 1.00 bits per heavy atom. The molecule has 1 aliphatic heterocycles. The lowest BCUT2D eigenvalue weighted by Crippen LogP contribution is -2.33. The van der Waals surface area contributed by atoms with Crippen LogP contribution in [-0.2, 0) is 25.5 Å². The molecule has 0 amide bonds. The van der Waals surface area contributed by atoms with Crippen molar-refractivity contribution in [1.29, 1.82) is 0 Å². The quantitative estimate of drug-likeness (QED) is 0.541. The topological polar surface area (TPSA) is 81.7 Å². The molecule has 1 heterocycles. The van der Waals surface area contributed by atoms with Crippen LogP contribution in [0.3, 0.4) is 0 Å². The number of esters is 3. The molecule has 0 aliphatic carbocycles. The number of benzene rings is 2. The van der Waals surface area contributed by atoms with Gasteiger partial charge in [-0.15, -0.1) is 0 Å². The molecule has 0 aromatic heterocycles. The van der Waals surface area contributed by atoms with E-state index in [2.05, 4.69) is 19.2 Å². The van der Waals surface area contributed by atoms with E-state index in [0.29, 0.717) is 18.0 Å². The molecular weight excluding hydrogens is 394 g/mol. The van der Waals surface area contributed by atoms with E-state index in [-0.39, 0.29) is 12.4 Å². The second kappa shape index (κ2) is 10.4. The summed E-state index contributed by atoms with van der Waals surface area (Å²) in [4.78, 5) is 36.9. The maximum atomic E-state index is 12.6. The molecule has 31 heavy (non-hydrogen) atoms. The van der Waals surface area contributed by atoms with E-state index in [9.17, 15) is 14.4 Å². The third-order valence-corrected chi connectivity index (χ3v) is 5.34. The molecule has 2 aromatic carbocycles. The van der Waals surface area contributed by atoms with Gasteiger partial charge in [0.05, 0.1) is 11.5 Å². The van der Waals surface area contributed by atoms with Crippen LogP contribution < -0.4 is 5.32 Å². The molecule has 0 bridgehead atoms. The summed E-state index contributed by atoms with van der Waals surface area (Å²) >= 11 is 0. The highest BCUT2D eigenvalue weighted by Gasteiger charge is 2.35. The molecule has 3 atom stereocenters. The van der Waals surface area contributed by atoms with Crippen molar-refractivity contribution in [2.75, 3.05) is 6.54 Å². The summed E-state index contributed by atoms with van der Waals surface area (Å²) in [6.45, 7) is 6.49. The minimum Gasteiger partial charge on any atom is -0.460 e. The fourth-order valence-corrected chi connectivity index (χ4v) is 3.58. The Morgan fingerprint density at radius 2 is 1.68 bits per heavy atom. The van der Waals surface area contributed by atoms with Crippen molar-refractivity contribution in [3.63, 3.8) is 0 Å². The van der Waals surface area contributed by atoms with E-state index < -0.39 is 30.0 Å². The largest absolute Gasteiger partial charge is 0.460 e. The minimum atomic E-state index is -0.692. The molecule has 1 fully saturated rings. The molecule has 0 spiro atoms. The van der Waals surface area contributed by atoms with Gasteiger partial charge in [-0.3, -0.25) is 4.79 Å². The lowest BCUT2D eigenvalue weighted by atomic mass is 9.97. The first-order valence-electron chi connectivity index (χ1n) is 10.7. The summed E-state index contributed by atoms with van der Waals surface area (Å²) in [5, 5.41) is 2.97. The van der Waals surface area contributed by atoms with E-state index >= 15 is 0 Å². The van der Waals surface area contributed by atoms with Gasteiger partial charge in [0.1, 0.15) is 12.1 Å². The Bertz CT molecular complexity index is 907. The summed E-state index contributed by atoms with van der Waals surface area (Å²) in [5.41, 5.74) is 2.45. The van der Waals surface area contributed by atoms with Gasteiger partial charge < -0.3 is 14.8 Å². The number of hydrogen-bond donors (Lipinski definition) is 1. The van der Waals surface area contributed by atoms with E-state index in [1.54, 1.807) is 30.3 Å². The van der Waals surface area contributed by atoms with Crippen LogP contribution in [0.1, 0.15) is 54.6 Å². The summed E-state index contributed by atoms with van der Waals surface area (Å²) in [6.07, 6.45) is 0.823. The second-order valence-electron chi connectivity index (χ2n) is 8.39. The van der Waals surface area contributed by atoms with Crippen molar-refractivity contribution >= 4 is 17.9 Å². The molecule has 3 rings (SSSR count). The van der Waals surface area contributed by atoms with Crippen LogP contribution in [0.15, 0.2) is 54.6 Å². The van der Waals surface area contributed by atoms with Gasteiger partial charge in [0, 0.05) is 13.0 Å². The molecule has 164 valence electrons. The Balaban J connectivity index is 1.49. The molecule has 6 heteroatoms. The van der Waals surface area contributed by atoms with Gasteiger partial charge in [-0.1, -0.05) is 56.3 Å². The van der Waals surface area contributed by atoms with Gasteiger partial charge in [-0.05, 0) is 42.5 Å². The number of carbonyl (C=O) groups excluding carboxylic acids is 3. The highest BCUT2D eigenvalue weighted by atomic mass is 16.6. The number of nitrogens with one attached hydrogen (secondary N) is 1. The molecule has 0 saturated carbocycles. The van der Waals surface area contributed by atoms with Gasteiger partial charge in [0.15, 0.2) is 0 Å². The van der Waals surface area contributed by atoms with Crippen molar-refractivity contribution in [2.45, 2.75) is 51.7 Å². The molecule has 1 N–H and O–H groups in total. The van der Waals surface area contributed by atoms with Crippen LogP contribution in [0.4, 0.5) is 0 Å². The van der Waals surface area contributed by atoms with Gasteiger partial charge in [-0.2, -0.15) is 0 Å². The number of carbonyl (C=O) groups is 3. The average Bonchev–Trinajstić information content (AvgIpc) is 3.22. The smallest absolute Gasteiger partial charge is 0.345 e. The summed E-state index contributed by atoms with van der Waals surface area (Å²) in [6, 6.07) is 15.7. The van der Waals surface area contributed by atoms with E-state index in [0.717, 1.165) is 12.0 Å². The minimum absolute atomic E-state index is 0.271. The van der Waals surface area contributed by atoms with Crippen LogP contribution in [0.5, 0.6) is 0 Å². The zero-order valence-corrected chi connectivity index (χ0v) is 18.2. The third-order valence-electron chi connectivity index (χ3n) is 5.34. The van der Waals surface area contributed by atoms with Crippen molar-refractivity contribution in [1.82, 2.24) is 5.32 Å². The molecule has 6 nitrogen and oxygen atoms in total. The molecule has 2 aromatic rings. The first kappa shape index (κ1) is 22.7. The zero-order valence-electron chi connectivity index (χ0n) is 18.2. The summed E-state index contributed by atoms with van der Waals surface area (Å²) in [5.74, 6) is -1.52. The van der Waals surface area contributed by atoms with Gasteiger partial charge in [-0.25, -0.2) is 9.59 Å². The maximum absolute atomic E-state index is 12.6. The van der Waals surface area contributed by atoms with Crippen LogP contribution in [-0.4, -0.2) is 36.6 Å². The monoisotopic (exact) mass is 423 g/mol. The van der Waals surface area contributed by atoms with Gasteiger partial charge in [0.25, 0.3) is 0 Å². The molecule has 1 aliphatic rings. The first-order chi connectivity index (χ1) is 14.8. The first-order valence-corrected chi connectivity index (χ1v) is 10.7. The molecule has 1 saturated heterocycles. The van der Waals surface area contributed by atoms with E-state index in [1.165, 1.54) is 5.56 Å². The Labute approximate surface area is 182 Å². The van der Waals surface area contributed by atoms with E-state index in [4.69, 9.17) is 9.47 Å². The van der Waals surface area contributed by atoms with Gasteiger partial charge in [0.2, 0.25) is 0 Å². The zero-order chi connectivity index (χ0) is 22.4. The number of ether oxygens (including phenoxy) is 2. The Morgan fingerprint density at radius 3 is 2.32 bits per heavy atom.